The average molecular weight is 364 g/mol. The van der Waals surface area contributed by atoms with Gasteiger partial charge in [0.2, 0.25) is 0 Å². The molecule has 1 aliphatic rings. The smallest absolute Gasteiger partial charge is 0.152 e. The van der Waals surface area contributed by atoms with Crippen LogP contribution in [0.3, 0.4) is 0 Å². The van der Waals surface area contributed by atoms with E-state index in [0.29, 0.717) is 6.54 Å². The quantitative estimate of drug-likeness (QED) is 0.566. The van der Waals surface area contributed by atoms with Crippen molar-refractivity contribution in [2.75, 3.05) is 5.32 Å². The highest BCUT2D eigenvalue weighted by atomic mass is 15.0. The monoisotopic (exact) mass is 364 g/mol. The first-order valence-electron chi connectivity index (χ1n) is 9.54. The Kier molecular flexibility index (Phi) is 4.30. The molecule has 0 radical (unpaired) electrons. The van der Waals surface area contributed by atoms with Gasteiger partial charge in [0.15, 0.2) is 5.84 Å². The molecule has 28 heavy (non-hydrogen) atoms. The summed E-state index contributed by atoms with van der Waals surface area (Å²) in [6, 6.07) is 23.1. The number of rotatable bonds is 4. The Morgan fingerprint density at radius 1 is 0.821 bits per heavy atom. The van der Waals surface area contributed by atoms with E-state index in [1.54, 1.807) is 0 Å². The van der Waals surface area contributed by atoms with Crippen LogP contribution in [0.1, 0.15) is 22.5 Å². The third-order valence-electron chi connectivity index (χ3n) is 5.13. The highest BCUT2D eigenvalue weighted by molar-refractivity contribution is 6.10. The van der Waals surface area contributed by atoms with Gasteiger partial charge in [-0.25, -0.2) is 0 Å². The van der Waals surface area contributed by atoms with Crippen molar-refractivity contribution in [3.05, 3.63) is 102 Å². The Hall–Kier alpha value is -3.53. The zero-order valence-corrected chi connectivity index (χ0v) is 15.5. The molecule has 0 spiro atoms. The molecule has 3 heterocycles. The molecular weight excluding hydrogens is 344 g/mol. The lowest BCUT2D eigenvalue weighted by molar-refractivity contribution is 0.926. The summed E-state index contributed by atoms with van der Waals surface area (Å²) in [6.07, 6.45) is 5.63. The van der Waals surface area contributed by atoms with E-state index in [4.69, 9.17) is 0 Å². The molecule has 1 aliphatic heterocycles. The first kappa shape index (κ1) is 16.6. The number of fused-ring (bicyclic) bond motifs is 2. The van der Waals surface area contributed by atoms with E-state index in [1.165, 1.54) is 16.3 Å². The highest BCUT2D eigenvalue weighted by Gasteiger charge is 2.16. The molecule has 5 rings (SSSR count). The van der Waals surface area contributed by atoms with E-state index in [-0.39, 0.29) is 0 Å². The molecule has 0 atom stereocenters. The van der Waals surface area contributed by atoms with E-state index in [0.717, 1.165) is 41.3 Å². The molecule has 0 aliphatic carbocycles. The third kappa shape index (κ3) is 3.25. The van der Waals surface area contributed by atoms with Crippen molar-refractivity contribution < 1.29 is 0 Å². The lowest BCUT2D eigenvalue weighted by Crippen LogP contribution is -2.13. The number of benzene rings is 2. The van der Waals surface area contributed by atoms with Crippen LogP contribution in [0.4, 0.5) is 5.69 Å². The molecule has 0 unspecified atom stereocenters. The SMILES string of the molecule is c1ccc(CCc2nccc3cc(NC4=NCc5cccnc54)ccc23)cc1. The van der Waals surface area contributed by atoms with Crippen LogP contribution in [0.25, 0.3) is 10.8 Å². The van der Waals surface area contributed by atoms with Gasteiger partial charge in [-0.3, -0.25) is 15.0 Å². The number of aromatic nitrogens is 2. The molecule has 0 bridgehead atoms. The fourth-order valence-corrected chi connectivity index (χ4v) is 3.68. The van der Waals surface area contributed by atoms with Crippen molar-refractivity contribution in [3.8, 4) is 0 Å². The average Bonchev–Trinajstić information content (AvgIpc) is 3.16. The van der Waals surface area contributed by atoms with E-state index in [2.05, 4.69) is 80.9 Å². The number of nitrogens with zero attached hydrogens (tertiary/aromatic N) is 3. The van der Waals surface area contributed by atoms with Gasteiger partial charge in [0.05, 0.1) is 6.54 Å². The maximum atomic E-state index is 4.63. The van der Waals surface area contributed by atoms with Gasteiger partial charge in [0.25, 0.3) is 0 Å². The lowest BCUT2D eigenvalue weighted by Gasteiger charge is -2.10. The predicted molar refractivity (Wildman–Crippen MR) is 114 cm³/mol. The molecule has 0 fully saturated rings. The minimum atomic E-state index is 0.687. The summed E-state index contributed by atoms with van der Waals surface area (Å²) < 4.78 is 0. The molecule has 1 N–H and O–H groups in total. The number of aliphatic imine (C=N–C) groups is 1. The third-order valence-corrected chi connectivity index (χ3v) is 5.13. The number of aryl methyl sites for hydroxylation is 2. The minimum absolute atomic E-state index is 0.687. The highest BCUT2D eigenvalue weighted by Crippen LogP contribution is 2.24. The van der Waals surface area contributed by atoms with Gasteiger partial charge >= 0.3 is 0 Å². The van der Waals surface area contributed by atoms with Crippen LogP contribution in [-0.2, 0) is 19.4 Å². The number of pyridine rings is 2. The summed E-state index contributed by atoms with van der Waals surface area (Å²) in [7, 11) is 0. The minimum Gasteiger partial charge on any atom is -0.339 e. The molecule has 0 amide bonds. The summed E-state index contributed by atoms with van der Waals surface area (Å²) >= 11 is 0. The van der Waals surface area contributed by atoms with Gasteiger partial charge in [-0.1, -0.05) is 42.5 Å². The Morgan fingerprint density at radius 2 is 1.75 bits per heavy atom. The molecule has 4 aromatic rings. The van der Waals surface area contributed by atoms with Crippen LogP contribution in [0, 0.1) is 0 Å². The first-order valence-corrected chi connectivity index (χ1v) is 9.54. The molecule has 0 saturated carbocycles. The molecule has 136 valence electrons. The van der Waals surface area contributed by atoms with Crippen LogP contribution < -0.4 is 5.32 Å². The molecule has 4 nitrogen and oxygen atoms in total. The van der Waals surface area contributed by atoms with Gasteiger partial charge in [0.1, 0.15) is 5.69 Å². The fourth-order valence-electron chi connectivity index (χ4n) is 3.68. The van der Waals surface area contributed by atoms with Gasteiger partial charge in [0, 0.05) is 34.7 Å². The fraction of sp³-hybridized carbons (Fsp3) is 0.125. The molecule has 2 aromatic heterocycles. The maximum absolute atomic E-state index is 4.63. The van der Waals surface area contributed by atoms with Gasteiger partial charge < -0.3 is 5.32 Å². The maximum Gasteiger partial charge on any atom is 0.152 e. The molecular formula is C24H20N4. The Bertz CT molecular complexity index is 1170. The number of hydrogen-bond acceptors (Lipinski definition) is 4. The number of anilines is 1. The summed E-state index contributed by atoms with van der Waals surface area (Å²) in [5, 5.41) is 5.82. The first-order chi connectivity index (χ1) is 13.9. The van der Waals surface area contributed by atoms with Gasteiger partial charge in [-0.2, -0.15) is 0 Å². The Balaban J connectivity index is 1.38. The summed E-state index contributed by atoms with van der Waals surface area (Å²) in [5.74, 6) is 0.841. The van der Waals surface area contributed by atoms with E-state index in [1.807, 2.05) is 18.5 Å². The normalized spacial score (nSPS) is 12.6. The van der Waals surface area contributed by atoms with Crippen LogP contribution in [0.5, 0.6) is 0 Å². The lowest BCUT2D eigenvalue weighted by atomic mass is 10.0. The van der Waals surface area contributed by atoms with Crippen LogP contribution in [0.15, 0.2) is 84.1 Å². The zero-order chi connectivity index (χ0) is 18.8. The topological polar surface area (TPSA) is 50.2 Å². The van der Waals surface area contributed by atoms with Crippen molar-refractivity contribution >= 4 is 22.3 Å². The summed E-state index contributed by atoms with van der Waals surface area (Å²) in [5.41, 5.74) is 5.60. The van der Waals surface area contributed by atoms with E-state index in [9.17, 15) is 0 Å². The van der Waals surface area contributed by atoms with E-state index < -0.39 is 0 Å². The van der Waals surface area contributed by atoms with Crippen molar-refractivity contribution in [3.63, 3.8) is 0 Å². The molecule has 4 heteroatoms. The number of nitrogens with one attached hydrogen (secondary N) is 1. The van der Waals surface area contributed by atoms with Crippen LogP contribution in [-0.4, -0.2) is 15.8 Å². The van der Waals surface area contributed by atoms with Crippen molar-refractivity contribution in [1.82, 2.24) is 9.97 Å². The summed E-state index contributed by atoms with van der Waals surface area (Å²) in [4.78, 5) is 13.7. The largest absolute Gasteiger partial charge is 0.339 e. The summed E-state index contributed by atoms with van der Waals surface area (Å²) in [6.45, 7) is 0.687. The number of amidine groups is 1. The molecule has 0 saturated heterocycles. The second kappa shape index (κ2) is 7.24. The van der Waals surface area contributed by atoms with Crippen molar-refractivity contribution in [2.24, 2.45) is 4.99 Å². The second-order valence-electron chi connectivity index (χ2n) is 6.98. The van der Waals surface area contributed by atoms with E-state index >= 15 is 0 Å². The predicted octanol–water partition coefficient (Wildman–Crippen LogP) is 4.79. The number of hydrogen-bond donors (Lipinski definition) is 1. The second-order valence-corrected chi connectivity index (χ2v) is 6.98. The van der Waals surface area contributed by atoms with Crippen molar-refractivity contribution in [1.29, 1.82) is 0 Å². The van der Waals surface area contributed by atoms with Crippen molar-refractivity contribution in [2.45, 2.75) is 19.4 Å². The van der Waals surface area contributed by atoms with Gasteiger partial charge in [-0.15, -0.1) is 0 Å². The Morgan fingerprint density at radius 3 is 2.68 bits per heavy atom. The van der Waals surface area contributed by atoms with Gasteiger partial charge in [-0.05, 0) is 48.1 Å². The standard InChI is InChI=1S/C24H20N4/c1-2-5-17(6-3-1)8-11-22-21-10-9-20(15-18(21)12-14-25-22)28-24-23-19(16-27-24)7-4-13-26-23/h1-7,9-10,12-15H,8,11,16H2,(H,27,28). The van der Waals surface area contributed by atoms with Crippen LogP contribution in [0.2, 0.25) is 0 Å². The van der Waals surface area contributed by atoms with Crippen LogP contribution >= 0.6 is 0 Å². The zero-order valence-electron chi connectivity index (χ0n) is 15.5. The Labute approximate surface area is 164 Å². The molecule has 2 aromatic carbocycles.